The van der Waals surface area contributed by atoms with Gasteiger partial charge in [-0.2, -0.15) is 10.5 Å². The molecule has 1 aromatic rings. The number of carbonyl (C=O) groups is 1. The topological polar surface area (TPSA) is 101 Å². The van der Waals surface area contributed by atoms with Gasteiger partial charge in [-0.3, -0.25) is 10.2 Å². The summed E-state index contributed by atoms with van der Waals surface area (Å²) in [6.45, 7) is 0. The molecule has 5 heteroatoms. The van der Waals surface area contributed by atoms with E-state index in [1.807, 2.05) is 42.3 Å². The minimum absolute atomic E-state index is 0.0927. The number of rotatable bonds is 2. The first-order valence-corrected chi connectivity index (χ1v) is 5.90. The maximum absolute atomic E-state index is 11.8. The van der Waals surface area contributed by atoms with E-state index in [4.69, 9.17) is 10.7 Å². The zero-order valence-electron chi connectivity index (χ0n) is 10.5. The molecule has 1 aliphatic rings. The van der Waals surface area contributed by atoms with Crippen molar-refractivity contribution in [3.8, 4) is 12.1 Å². The summed E-state index contributed by atoms with van der Waals surface area (Å²) in [6.07, 6.45) is 0.146. The molecular weight excluding hydrogens is 252 g/mol. The lowest BCUT2D eigenvalue weighted by molar-refractivity contribution is -0.120. The van der Waals surface area contributed by atoms with Gasteiger partial charge in [0.2, 0.25) is 5.91 Å². The van der Waals surface area contributed by atoms with Crippen LogP contribution in [0.25, 0.3) is 0 Å². The van der Waals surface area contributed by atoms with E-state index in [1.165, 1.54) is 0 Å². The quantitative estimate of drug-likeness (QED) is 0.627. The van der Waals surface area contributed by atoms with Crippen LogP contribution in [0.2, 0.25) is 0 Å². The second-order valence-electron chi connectivity index (χ2n) is 4.23. The van der Waals surface area contributed by atoms with Gasteiger partial charge in [0, 0.05) is 12.3 Å². The third-order valence-electron chi connectivity index (χ3n) is 3.08. The highest BCUT2D eigenvalue weighted by atomic mass is 16.1. The number of hydrogen-bond donors (Lipinski definition) is 2. The molecule has 1 atom stereocenters. The van der Waals surface area contributed by atoms with Crippen LogP contribution in [0.5, 0.6) is 0 Å². The summed E-state index contributed by atoms with van der Waals surface area (Å²) in [5.74, 6) is 1.28. The molecule has 0 radical (unpaired) electrons. The minimum atomic E-state index is -0.401. The van der Waals surface area contributed by atoms with Crippen LogP contribution < -0.4 is 5.32 Å². The number of carbonyl (C=O) groups excluding carboxylic acids is 1. The SMILES string of the molecule is N#CC(=C=N)C1=C(C#N)[C@@H](c2ccccc2)CC(=O)N1. The predicted molar refractivity (Wildman–Crippen MR) is 71.4 cm³/mol. The number of allylic oxidation sites excluding steroid dienone is 2. The standard InChI is InChI=1S/C15H10N4O/c16-7-11(8-17)15-13(9-18)12(6-14(20)19-15)10-4-2-1-3-5-10/h1-5,12,16H,6H2,(H,19,20)/t12-/m1/s1. The molecule has 96 valence electrons. The van der Waals surface area contributed by atoms with Crippen LogP contribution in [-0.2, 0) is 4.79 Å². The monoisotopic (exact) mass is 262 g/mol. The van der Waals surface area contributed by atoms with Crippen LogP contribution in [0.3, 0.4) is 0 Å². The first kappa shape index (κ1) is 13.3. The molecule has 1 aliphatic heterocycles. The summed E-state index contributed by atoms with van der Waals surface area (Å²) in [5.41, 5.74) is 1.07. The highest BCUT2D eigenvalue weighted by Crippen LogP contribution is 2.33. The number of benzene rings is 1. The molecule has 1 heterocycles. The van der Waals surface area contributed by atoms with Crippen LogP contribution in [0, 0.1) is 28.1 Å². The molecule has 0 saturated carbocycles. The summed E-state index contributed by atoms with van der Waals surface area (Å²) in [4.78, 5) is 11.8. The lowest BCUT2D eigenvalue weighted by Gasteiger charge is -2.24. The van der Waals surface area contributed by atoms with Gasteiger partial charge < -0.3 is 5.32 Å². The fourth-order valence-corrected chi connectivity index (χ4v) is 2.17. The molecule has 5 nitrogen and oxygen atoms in total. The van der Waals surface area contributed by atoms with Crippen molar-refractivity contribution < 1.29 is 4.79 Å². The van der Waals surface area contributed by atoms with Crippen molar-refractivity contribution in [1.29, 1.82) is 15.9 Å². The molecule has 2 rings (SSSR count). The summed E-state index contributed by atoms with van der Waals surface area (Å²) < 4.78 is 0. The Balaban J connectivity index is 2.62. The van der Waals surface area contributed by atoms with Crippen molar-refractivity contribution in [1.82, 2.24) is 5.32 Å². The molecule has 20 heavy (non-hydrogen) atoms. The number of amides is 1. The third-order valence-corrected chi connectivity index (χ3v) is 3.08. The molecule has 1 aromatic carbocycles. The van der Waals surface area contributed by atoms with E-state index >= 15 is 0 Å². The van der Waals surface area contributed by atoms with Gasteiger partial charge >= 0.3 is 0 Å². The molecule has 0 aromatic heterocycles. The van der Waals surface area contributed by atoms with Crippen molar-refractivity contribution >= 4 is 11.8 Å². The second kappa shape index (κ2) is 5.67. The number of nitrogens with zero attached hydrogens (tertiary/aromatic N) is 2. The zero-order chi connectivity index (χ0) is 14.5. The number of hydrogen-bond acceptors (Lipinski definition) is 4. The number of nitrogens with one attached hydrogen (secondary N) is 2. The summed E-state index contributed by atoms with van der Waals surface area (Å²) >= 11 is 0. The van der Waals surface area contributed by atoms with Gasteiger partial charge in [0.15, 0.2) is 0 Å². The van der Waals surface area contributed by atoms with E-state index in [0.29, 0.717) is 0 Å². The Morgan fingerprint density at radius 3 is 2.55 bits per heavy atom. The molecule has 0 aliphatic carbocycles. The average Bonchev–Trinajstić information content (AvgIpc) is 2.49. The molecule has 2 N–H and O–H groups in total. The van der Waals surface area contributed by atoms with Crippen LogP contribution in [-0.4, -0.2) is 11.8 Å². The first-order valence-electron chi connectivity index (χ1n) is 5.90. The fraction of sp³-hybridized carbons (Fsp3) is 0.133. The van der Waals surface area contributed by atoms with Gasteiger partial charge in [-0.15, -0.1) is 0 Å². The van der Waals surface area contributed by atoms with E-state index in [9.17, 15) is 10.1 Å². The van der Waals surface area contributed by atoms with Gasteiger partial charge in [-0.1, -0.05) is 30.3 Å². The molecule has 0 fully saturated rings. The molecule has 1 amide bonds. The van der Waals surface area contributed by atoms with Crippen molar-refractivity contribution in [2.75, 3.05) is 0 Å². The Labute approximate surface area is 116 Å². The first-order chi connectivity index (χ1) is 9.71. The lowest BCUT2D eigenvalue weighted by Crippen LogP contribution is -2.32. The minimum Gasteiger partial charge on any atom is -0.323 e. The summed E-state index contributed by atoms with van der Waals surface area (Å²) in [5, 5.41) is 27.9. The smallest absolute Gasteiger partial charge is 0.225 e. The summed E-state index contributed by atoms with van der Waals surface area (Å²) in [6, 6.07) is 13.0. The van der Waals surface area contributed by atoms with Gasteiger partial charge in [-0.05, 0) is 11.4 Å². The maximum Gasteiger partial charge on any atom is 0.225 e. The lowest BCUT2D eigenvalue weighted by atomic mass is 9.84. The van der Waals surface area contributed by atoms with E-state index in [-0.39, 0.29) is 29.2 Å². The van der Waals surface area contributed by atoms with Gasteiger partial charge in [0.05, 0.1) is 17.3 Å². The van der Waals surface area contributed by atoms with Crippen molar-refractivity contribution in [3.63, 3.8) is 0 Å². The molecule has 0 bridgehead atoms. The highest BCUT2D eigenvalue weighted by Gasteiger charge is 2.30. The molecule has 0 unspecified atom stereocenters. The van der Waals surface area contributed by atoms with E-state index in [2.05, 4.69) is 5.32 Å². The Bertz CT molecular complexity index is 712. The second-order valence-corrected chi connectivity index (χ2v) is 4.23. The average molecular weight is 262 g/mol. The Hall–Kier alpha value is -3.14. The van der Waals surface area contributed by atoms with Crippen molar-refractivity contribution in [2.24, 2.45) is 0 Å². The van der Waals surface area contributed by atoms with Crippen LogP contribution in [0.4, 0.5) is 0 Å². The number of nitriles is 2. The van der Waals surface area contributed by atoms with Crippen LogP contribution in [0.15, 0.2) is 47.2 Å². The normalized spacial score (nSPS) is 17.5. The molecular formula is C15H10N4O. The van der Waals surface area contributed by atoms with Crippen LogP contribution in [0.1, 0.15) is 17.9 Å². The zero-order valence-corrected chi connectivity index (χ0v) is 10.5. The Morgan fingerprint density at radius 1 is 1.30 bits per heavy atom. The fourth-order valence-electron chi connectivity index (χ4n) is 2.17. The highest BCUT2D eigenvalue weighted by molar-refractivity contribution is 5.86. The predicted octanol–water partition coefficient (Wildman–Crippen LogP) is 1.77. The third kappa shape index (κ3) is 2.35. The molecule has 0 saturated heterocycles. The van der Waals surface area contributed by atoms with Crippen LogP contribution >= 0.6 is 0 Å². The Kier molecular flexibility index (Phi) is 3.77. The van der Waals surface area contributed by atoms with Gasteiger partial charge in [-0.25, -0.2) is 0 Å². The van der Waals surface area contributed by atoms with Crippen molar-refractivity contribution in [3.05, 3.63) is 52.7 Å². The van der Waals surface area contributed by atoms with Gasteiger partial charge in [0.1, 0.15) is 11.6 Å². The van der Waals surface area contributed by atoms with E-state index < -0.39 is 5.92 Å². The molecule has 0 spiro atoms. The maximum atomic E-state index is 11.8. The Morgan fingerprint density at radius 2 is 2.00 bits per heavy atom. The van der Waals surface area contributed by atoms with Gasteiger partial charge in [0.25, 0.3) is 0 Å². The summed E-state index contributed by atoms with van der Waals surface area (Å²) in [7, 11) is 0. The van der Waals surface area contributed by atoms with E-state index in [1.54, 1.807) is 6.07 Å². The van der Waals surface area contributed by atoms with E-state index in [0.717, 1.165) is 5.56 Å². The largest absolute Gasteiger partial charge is 0.323 e. The van der Waals surface area contributed by atoms with Crippen molar-refractivity contribution in [2.45, 2.75) is 12.3 Å².